The molecular formula is C51H88O9. The van der Waals surface area contributed by atoms with Gasteiger partial charge in [0, 0.05) is 0 Å². The largest absolute Gasteiger partial charge is 0.489 e. The fourth-order valence-corrected chi connectivity index (χ4v) is 6.97. The fourth-order valence-electron chi connectivity index (χ4n) is 6.97. The van der Waals surface area contributed by atoms with Crippen molar-refractivity contribution in [1.29, 1.82) is 0 Å². The second kappa shape index (κ2) is 34.4. The second-order valence-electron chi connectivity index (χ2n) is 16.2. The number of unbranched alkanes of at least 4 members (excludes halogenated alkanes) is 16. The maximum Gasteiger partial charge on any atom is 0.342 e. The van der Waals surface area contributed by atoms with Crippen molar-refractivity contribution in [1.82, 2.24) is 0 Å². The molecule has 2 aromatic carbocycles. The normalized spacial score (nSPS) is 11.2. The van der Waals surface area contributed by atoms with E-state index in [9.17, 15) is 4.79 Å². The van der Waals surface area contributed by atoms with Gasteiger partial charge in [-0.2, -0.15) is 0 Å². The molecule has 0 unspecified atom stereocenters. The van der Waals surface area contributed by atoms with Gasteiger partial charge in [0.05, 0.1) is 63.6 Å². The molecule has 2 aromatic rings. The van der Waals surface area contributed by atoms with E-state index in [-0.39, 0.29) is 12.2 Å². The SMILES string of the molecule is CCCCCOC(=O)c1c(OCCCCC)c(OCCCCC)c(OCCCCC)c2c(OCCCCC)c(OCCCCC)c(OCCCCC)c(OCCCCC)c12. The Balaban J connectivity index is 3.36. The van der Waals surface area contributed by atoms with Crippen LogP contribution >= 0.6 is 0 Å². The zero-order valence-electron chi connectivity index (χ0n) is 39.8. The van der Waals surface area contributed by atoms with E-state index in [1.54, 1.807) is 0 Å². The van der Waals surface area contributed by atoms with Gasteiger partial charge in [0.2, 0.25) is 17.2 Å². The average molecular weight is 845 g/mol. The predicted molar refractivity (Wildman–Crippen MR) is 249 cm³/mol. The van der Waals surface area contributed by atoms with Crippen LogP contribution in [0.15, 0.2) is 0 Å². The molecule has 0 amide bonds. The van der Waals surface area contributed by atoms with Gasteiger partial charge in [-0.1, -0.05) is 158 Å². The summed E-state index contributed by atoms with van der Waals surface area (Å²) < 4.78 is 54.4. The standard InChI is InChI=1S/C51H88O9/c1-9-17-25-33-53-44-41-42(46(55-35-27-19-11-3)50(59-39-31-23-15-7)49(44)58-38-30-22-14-6)45(54-34-26-18-10-2)48(57-37-29-21-13-5)47(56-36-28-20-12-4)43(41)51(52)60-40-32-24-16-8/h9-40H2,1-8H3. The first kappa shape index (κ1) is 52.9. The monoisotopic (exact) mass is 845 g/mol. The highest BCUT2D eigenvalue weighted by Crippen LogP contribution is 2.60. The lowest BCUT2D eigenvalue weighted by Gasteiger charge is -2.28. The minimum absolute atomic E-state index is 0.268. The van der Waals surface area contributed by atoms with Crippen molar-refractivity contribution >= 4 is 16.7 Å². The predicted octanol–water partition coefficient (Wildman–Crippen LogP) is 15.2. The fraction of sp³-hybridized carbons (Fsp3) is 0.784. The molecule has 0 spiro atoms. The van der Waals surface area contributed by atoms with E-state index in [2.05, 4.69) is 55.4 Å². The Morgan fingerprint density at radius 3 is 0.817 bits per heavy atom. The van der Waals surface area contributed by atoms with Crippen molar-refractivity contribution in [3.05, 3.63) is 5.56 Å². The van der Waals surface area contributed by atoms with Crippen LogP contribution in [-0.4, -0.2) is 58.8 Å². The Morgan fingerprint density at radius 1 is 0.283 bits per heavy atom. The maximum atomic E-state index is 15.0. The Hall–Kier alpha value is -3.23. The molecule has 60 heavy (non-hydrogen) atoms. The molecule has 0 aliphatic carbocycles. The number of carbonyl (C=O) groups is 1. The first-order valence-corrected chi connectivity index (χ1v) is 24.8. The van der Waals surface area contributed by atoms with Gasteiger partial charge in [0.15, 0.2) is 23.0 Å². The van der Waals surface area contributed by atoms with E-state index >= 15 is 0 Å². The zero-order valence-corrected chi connectivity index (χ0v) is 39.8. The molecule has 0 aromatic heterocycles. The Bertz CT molecular complexity index is 1390. The van der Waals surface area contributed by atoms with Crippen LogP contribution in [0.2, 0.25) is 0 Å². The van der Waals surface area contributed by atoms with Gasteiger partial charge >= 0.3 is 5.97 Å². The van der Waals surface area contributed by atoms with Crippen molar-refractivity contribution in [3.63, 3.8) is 0 Å². The van der Waals surface area contributed by atoms with Gasteiger partial charge in [0.1, 0.15) is 5.56 Å². The summed E-state index contributed by atoms with van der Waals surface area (Å²) >= 11 is 0. The summed E-state index contributed by atoms with van der Waals surface area (Å²) in [4.78, 5) is 15.0. The van der Waals surface area contributed by atoms with Gasteiger partial charge in [-0.25, -0.2) is 4.79 Å². The first-order valence-electron chi connectivity index (χ1n) is 24.8. The molecule has 0 heterocycles. The quantitative estimate of drug-likeness (QED) is 0.0480. The van der Waals surface area contributed by atoms with Crippen LogP contribution in [0.25, 0.3) is 10.8 Å². The summed E-state index contributed by atoms with van der Waals surface area (Å²) in [6.45, 7) is 20.8. The number of carbonyl (C=O) groups excluding carboxylic acids is 1. The van der Waals surface area contributed by atoms with Gasteiger partial charge < -0.3 is 37.9 Å². The Morgan fingerprint density at radius 2 is 0.517 bits per heavy atom. The lowest BCUT2D eigenvalue weighted by atomic mass is 9.97. The van der Waals surface area contributed by atoms with E-state index in [0.29, 0.717) is 97.3 Å². The number of hydrogen-bond acceptors (Lipinski definition) is 9. The molecular weight excluding hydrogens is 757 g/mol. The highest BCUT2D eigenvalue weighted by atomic mass is 16.6. The van der Waals surface area contributed by atoms with Gasteiger partial charge in [-0.15, -0.1) is 0 Å². The molecule has 0 saturated carbocycles. The van der Waals surface area contributed by atoms with Crippen LogP contribution in [-0.2, 0) is 4.74 Å². The third-order valence-electron chi connectivity index (χ3n) is 10.6. The van der Waals surface area contributed by atoms with Crippen LogP contribution in [0.4, 0.5) is 0 Å². The number of benzene rings is 2. The van der Waals surface area contributed by atoms with Crippen LogP contribution < -0.4 is 33.2 Å². The summed E-state index contributed by atoms with van der Waals surface area (Å²) in [5.41, 5.74) is 0.268. The molecule has 0 atom stereocenters. The van der Waals surface area contributed by atoms with Gasteiger partial charge in [-0.05, 0) is 51.4 Å². The van der Waals surface area contributed by atoms with Crippen molar-refractivity contribution in [2.75, 3.05) is 52.9 Å². The number of fused-ring (bicyclic) bond motifs is 1. The summed E-state index contributed by atoms with van der Waals surface area (Å²) in [7, 11) is 0. The number of rotatable bonds is 40. The minimum atomic E-state index is -0.485. The van der Waals surface area contributed by atoms with Crippen LogP contribution in [0.1, 0.15) is 220 Å². The summed E-state index contributed by atoms with van der Waals surface area (Å²) in [5.74, 6) is 2.64. The number of hydrogen-bond donors (Lipinski definition) is 0. The summed E-state index contributed by atoms with van der Waals surface area (Å²) in [6.07, 6.45) is 23.1. The van der Waals surface area contributed by atoms with Crippen molar-refractivity contribution in [2.24, 2.45) is 0 Å². The topological polar surface area (TPSA) is 90.9 Å². The molecule has 0 aliphatic heterocycles. The third-order valence-corrected chi connectivity index (χ3v) is 10.6. The minimum Gasteiger partial charge on any atom is -0.489 e. The number of ether oxygens (including phenoxy) is 8. The summed E-state index contributed by atoms with van der Waals surface area (Å²) in [5, 5.41) is 1.10. The van der Waals surface area contributed by atoms with Crippen molar-refractivity contribution < 1.29 is 42.7 Å². The summed E-state index contributed by atoms with van der Waals surface area (Å²) in [6, 6.07) is 0. The second-order valence-corrected chi connectivity index (χ2v) is 16.2. The van der Waals surface area contributed by atoms with E-state index < -0.39 is 5.97 Å². The van der Waals surface area contributed by atoms with Crippen molar-refractivity contribution in [3.8, 4) is 40.2 Å². The Kier molecular flexibility index (Phi) is 30.3. The van der Waals surface area contributed by atoms with Gasteiger partial charge in [-0.3, -0.25) is 0 Å². The molecule has 0 radical (unpaired) electrons. The highest BCUT2D eigenvalue weighted by molar-refractivity contribution is 6.16. The Labute approximate surface area is 366 Å². The van der Waals surface area contributed by atoms with E-state index in [1.807, 2.05) is 0 Å². The highest BCUT2D eigenvalue weighted by Gasteiger charge is 2.37. The lowest BCUT2D eigenvalue weighted by molar-refractivity contribution is 0.0494. The molecule has 2 rings (SSSR count). The third kappa shape index (κ3) is 18.4. The molecule has 0 N–H and O–H groups in total. The number of esters is 1. The molecule has 9 nitrogen and oxygen atoms in total. The van der Waals surface area contributed by atoms with Crippen LogP contribution in [0.5, 0.6) is 40.2 Å². The van der Waals surface area contributed by atoms with Crippen molar-refractivity contribution in [2.45, 2.75) is 209 Å². The molecule has 0 saturated heterocycles. The van der Waals surface area contributed by atoms with Gasteiger partial charge in [0.25, 0.3) is 0 Å². The van der Waals surface area contributed by atoms with E-state index in [4.69, 9.17) is 37.9 Å². The van der Waals surface area contributed by atoms with Crippen LogP contribution in [0.3, 0.4) is 0 Å². The average Bonchev–Trinajstić information content (AvgIpc) is 3.25. The van der Waals surface area contributed by atoms with E-state index in [0.717, 1.165) is 154 Å². The molecule has 0 bridgehead atoms. The zero-order chi connectivity index (χ0) is 43.6. The smallest absolute Gasteiger partial charge is 0.342 e. The first-order chi connectivity index (χ1) is 29.5. The van der Waals surface area contributed by atoms with E-state index in [1.165, 1.54) is 0 Å². The molecule has 346 valence electrons. The van der Waals surface area contributed by atoms with Crippen LogP contribution in [0, 0.1) is 0 Å². The maximum absolute atomic E-state index is 15.0. The molecule has 0 aliphatic rings. The lowest BCUT2D eigenvalue weighted by Crippen LogP contribution is -2.16. The molecule has 0 fully saturated rings. The molecule has 9 heteroatoms.